The van der Waals surface area contributed by atoms with Crippen LogP contribution in [0.1, 0.15) is 5.56 Å². The Morgan fingerprint density at radius 2 is 1.86 bits per heavy atom. The van der Waals surface area contributed by atoms with E-state index in [1.54, 1.807) is 18.9 Å². The number of ether oxygens (including phenoxy) is 1. The van der Waals surface area contributed by atoms with E-state index in [2.05, 4.69) is 32.6 Å². The van der Waals surface area contributed by atoms with Gasteiger partial charge in [-0.05, 0) is 17.7 Å². The molecule has 2 aromatic carbocycles. The number of rotatable bonds is 6. The maximum absolute atomic E-state index is 5.30. The van der Waals surface area contributed by atoms with Gasteiger partial charge >= 0.3 is 0 Å². The summed E-state index contributed by atoms with van der Waals surface area (Å²) in [5.74, 6) is 2.13. The van der Waals surface area contributed by atoms with Crippen LogP contribution in [0.15, 0.2) is 59.8 Å². The van der Waals surface area contributed by atoms with Gasteiger partial charge < -0.3 is 10.1 Å². The fourth-order valence-electron chi connectivity index (χ4n) is 1.96. The highest BCUT2D eigenvalue weighted by molar-refractivity contribution is 7.98. The Morgan fingerprint density at radius 3 is 2.68 bits per heavy atom. The topological polar surface area (TPSA) is 62.8 Å². The van der Waals surface area contributed by atoms with Crippen LogP contribution in [0.3, 0.4) is 0 Å². The van der Waals surface area contributed by atoms with Crippen LogP contribution in [0, 0.1) is 0 Å². The molecule has 3 rings (SSSR count). The third kappa shape index (κ3) is 3.59. The van der Waals surface area contributed by atoms with Crippen molar-refractivity contribution in [3.63, 3.8) is 0 Å². The van der Waals surface area contributed by atoms with Gasteiger partial charge in [-0.25, -0.2) is 0 Å². The number of nitrogens with zero attached hydrogens (tertiary/aromatic N) is 2. The number of para-hydroxylation sites is 2. The van der Waals surface area contributed by atoms with E-state index in [1.165, 1.54) is 5.56 Å². The van der Waals surface area contributed by atoms with E-state index in [-0.39, 0.29) is 0 Å². The van der Waals surface area contributed by atoms with Crippen molar-refractivity contribution in [2.45, 2.75) is 10.9 Å². The number of aromatic amines is 1. The number of anilines is 2. The van der Waals surface area contributed by atoms with Gasteiger partial charge in [0.2, 0.25) is 5.95 Å². The zero-order valence-electron chi connectivity index (χ0n) is 12.1. The Balaban J connectivity index is 1.64. The van der Waals surface area contributed by atoms with Crippen LogP contribution in [-0.4, -0.2) is 22.3 Å². The Bertz CT molecular complexity index is 730. The highest BCUT2D eigenvalue weighted by Crippen LogP contribution is 2.26. The standard InChI is InChI=1S/C16H16N4OS/c1-21-14-10-6-5-9-13(14)17-15-18-16(20-19-15)22-11-12-7-3-2-4-8-12/h2-10H,11H2,1H3,(H2,17,18,19,20). The number of methoxy groups -OCH3 is 1. The average Bonchev–Trinajstić information content (AvgIpc) is 3.02. The van der Waals surface area contributed by atoms with Crippen LogP contribution in [0.5, 0.6) is 5.75 Å². The van der Waals surface area contributed by atoms with E-state index in [4.69, 9.17) is 4.74 Å². The van der Waals surface area contributed by atoms with Gasteiger partial charge in [0.25, 0.3) is 0 Å². The second-order valence-electron chi connectivity index (χ2n) is 4.56. The first-order valence-corrected chi connectivity index (χ1v) is 7.83. The molecule has 0 aliphatic heterocycles. The largest absolute Gasteiger partial charge is 0.495 e. The van der Waals surface area contributed by atoms with Gasteiger partial charge in [-0.3, -0.25) is 5.10 Å². The number of hydrogen-bond donors (Lipinski definition) is 2. The molecule has 0 atom stereocenters. The van der Waals surface area contributed by atoms with E-state index < -0.39 is 0 Å². The van der Waals surface area contributed by atoms with Crippen molar-refractivity contribution in [3.8, 4) is 5.75 Å². The molecule has 0 spiro atoms. The zero-order chi connectivity index (χ0) is 15.2. The Kier molecular flexibility index (Phi) is 4.60. The minimum Gasteiger partial charge on any atom is -0.495 e. The van der Waals surface area contributed by atoms with Crippen LogP contribution in [0.25, 0.3) is 0 Å². The second kappa shape index (κ2) is 7.00. The average molecular weight is 312 g/mol. The summed E-state index contributed by atoms with van der Waals surface area (Å²) in [5.41, 5.74) is 2.09. The fourth-order valence-corrected chi connectivity index (χ4v) is 2.72. The number of benzene rings is 2. The van der Waals surface area contributed by atoms with E-state index >= 15 is 0 Å². The van der Waals surface area contributed by atoms with Crippen molar-refractivity contribution in [1.82, 2.24) is 15.2 Å². The van der Waals surface area contributed by atoms with Crippen molar-refractivity contribution in [2.75, 3.05) is 12.4 Å². The minimum atomic E-state index is 0.528. The van der Waals surface area contributed by atoms with Gasteiger partial charge in [-0.15, -0.1) is 5.10 Å². The highest BCUT2D eigenvalue weighted by atomic mass is 32.2. The molecule has 0 unspecified atom stereocenters. The molecule has 1 heterocycles. The Hall–Kier alpha value is -2.47. The molecule has 0 aliphatic rings. The SMILES string of the molecule is COc1ccccc1Nc1n[nH]c(SCc2ccccc2)n1. The first-order chi connectivity index (χ1) is 10.8. The second-order valence-corrected chi connectivity index (χ2v) is 5.53. The van der Waals surface area contributed by atoms with Crippen LogP contribution in [0.2, 0.25) is 0 Å². The lowest BCUT2D eigenvalue weighted by atomic mass is 10.2. The Labute approximate surface area is 133 Å². The van der Waals surface area contributed by atoms with Crippen LogP contribution >= 0.6 is 11.8 Å². The molecule has 5 nitrogen and oxygen atoms in total. The number of nitrogens with one attached hydrogen (secondary N) is 2. The molecule has 0 bridgehead atoms. The van der Waals surface area contributed by atoms with Gasteiger partial charge in [0, 0.05) is 5.75 Å². The molecule has 0 radical (unpaired) electrons. The highest BCUT2D eigenvalue weighted by Gasteiger charge is 2.07. The molecule has 0 saturated heterocycles. The van der Waals surface area contributed by atoms with Crippen LogP contribution in [-0.2, 0) is 5.75 Å². The smallest absolute Gasteiger partial charge is 0.247 e. The molecule has 0 saturated carbocycles. The maximum atomic E-state index is 5.30. The van der Waals surface area contributed by atoms with Crippen LogP contribution < -0.4 is 10.1 Å². The zero-order valence-corrected chi connectivity index (χ0v) is 12.9. The monoisotopic (exact) mass is 312 g/mol. The summed E-state index contributed by atoms with van der Waals surface area (Å²) in [5, 5.41) is 11.0. The van der Waals surface area contributed by atoms with Gasteiger partial charge in [-0.1, -0.05) is 54.2 Å². The third-order valence-corrected chi connectivity index (χ3v) is 3.97. The minimum absolute atomic E-state index is 0.528. The molecule has 112 valence electrons. The lowest BCUT2D eigenvalue weighted by Crippen LogP contribution is -1.95. The van der Waals surface area contributed by atoms with Gasteiger partial charge in [0.15, 0.2) is 5.16 Å². The number of hydrogen-bond acceptors (Lipinski definition) is 5. The number of aromatic nitrogens is 3. The summed E-state index contributed by atoms with van der Waals surface area (Å²) < 4.78 is 5.30. The summed E-state index contributed by atoms with van der Waals surface area (Å²) in [6.07, 6.45) is 0. The molecular formula is C16H16N4OS. The van der Waals surface area contributed by atoms with E-state index in [9.17, 15) is 0 Å². The van der Waals surface area contributed by atoms with Gasteiger partial charge in [-0.2, -0.15) is 4.98 Å². The van der Waals surface area contributed by atoms with Crippen molar-refractivity contribution in [1.29, 1.82) is 0 Å². The molecule has 22 heavy (non-hydrogen) atoms. The lowest BCUT2D eigenvalue weighted by Gasteiger charge is -2.07. The predicted molar refractivity (Wildman–Crippen MR) is 88.7 cm³/mol. The number of H-pyrrole nitrogens is 1. The summed E-state index contributed by atoms with van der Waals surface area (Å²) in [4.78, 5) is 4.43. The predicted octanol–water partition coefficient (Wildman–Crippen LogP) is 3.85. The molecule has 2 N–H and O–H groups in total. The summed E-state index contributed by atoms with van der Waals surface area (Å²) in [6.45, 7) is 0. The van der Waals surface area contributed by atoms with Crippen molar-refractivity contribution >= 4 is 23.4 Å². The first kappa shape index (κ1) is 14.5. The normalized spacial score (nSPS) is 10.4. The molecule has 1 aromatic heterocycles. The maximum Gasteiger partial charge on any atom is 0.247 e. The third-order valence-electron chi connectivity index (χ3n) is 3.04. The van der Waals surface area contributed by atoms with Crippen molar-refractivity contribution < 1.29 is 4.74 Å². The molecule has 3 aromatic rings. The first-order valence-electron chi connectivity index (χ1n) is 6.84. The van der Waals surface area contributed by atoms with E-state index in [0.29, 0.717) is 5.95 Å². The van der Waals surface area contributed by atoms with Crippen molar-refractivity contribution in [3.05, 3.63) is 60.2 Å². The van der Waals surface area contributed by atoms with E-state index in [1.807, 2.05) is 42.5 Å². The van der Waals surface area contributed by atoms with Gasteiger partial charge in [0.05, 0.1) is 12.8 Å². The fraction of sp³-hybridized carbons (Fsp3) is 0.125. The quantitative estimate of drug-likeness (QED) is 0.677. The van der Waals surface area contributed by atoms with E-state index in [0.717, 1.165) is 22.3 Å². The summed E-state index contributed by atoms with van der Waals surface area (Å²) in [6, 6.07) is 17.9. The molecule has 0 fully saturated rings. The molecule has 0 aliphatic carbocycles. The summed E-state index contributed by atoms with van der Waals surface area (Å²) in [7, 11) is 1.64. The molecule has 6 heteroatoms. The van der Waals surface area contributed by atoms with Crippen molar-refractivity contribution in [2.24, 2.45) is 0 Å². The number of thioether (sulfide) groups is 1. The van der Waals surface area contributed by atoms with Crippen LogP contribution in [0.4, 0.5) is 11.6 Å². The molecule has 0 amide bonds. The summed E-state index contributed by atoms with van der Waals surface area (Å²) >= 11 is 1.61. The Morgan fingerprint density at radius 1 is 1.09 bits per heavy atom. The van der Waals surface area contributed by atoms with Gasteiger partial charge in [0.1, 0.15) is 5.75 Å². The lowest BCUT2D eigenvalue weighted by molar-refractivity contribution is 0.417. The molecular weight excluding hydrogens is 296 g/mol.